The van der Waals surface area contributed by atoms with Crippen molar-refractivity contribution in [2.45, 2.75) is 46.1 Å². The van der Waals surface area contributed by atoms with E-state index < -0.39 is 47.5 Å². The summed E-state index contributed by atoms with van der Waals surface area (Å²) in [4.78, 5) is 25.9. The van der Waals surface area contributed by atoms with Gasteiger partial charge < -0.3 is 14.8 Å². The zero-order valence-electron chi connectivity index (χ0n) is 17.1. The van der Waals surface area contributed by atoms with Gasteiger partial charge in [0.15, 0.2) is 24.0 Å². The number of anilines is 1. The van der Waals surface area contributed by atoms with Crippen LogP contribution in [0.15, 0.2) is 6.07 Å². The lowest BCUT2D eigenvalue weighted by Crippen LogP contribution is -2.23. The first-order valence-electron chi connectivity index (χ1n) is 9.69. The maximum atomic E-state index is 13.7. The largest absolute Gasteiger partial charge is 0.477 e. The van der Waals surface area contributed by atoms with E-state index in [1.165, 1.54) is 11.3 Å². The van der Waals surface area contributed by atoms with Gasteiger partial charge >= 0.3 is 5.97 Å². The highest BCUT2D eigenvalue weighted by atomic mass is 32.1. The van der Waals surface area contributed by atoms with Gasteiger partial charge in [-0.2, -0.15) is 8.78 Å². The first kappa shape index (κ1) is 23.1. The lowest BCUT2D eigenvalue weighted by Gasteiger charge is -2.18. The third kappa shape index (κ3) is 5.00. The fourth-order valence-corrected chi connectivity index (χ4v) is 4.72. The molecule has 0 bridgehead atoms. The standard InChI is InChI=1S/C21H21F4NO4S/c1-9(2)30-21(28)16-11-5-4-10(3)6-14(11)31-20(16)26-15(27)8-29-19-17(24)12(22)7-13(23)18(19)25/h7,9-10H,4-6,8H2,1-3H3,(H,26,27)/t10-/m1/s1. The lowest BCUT2D eigenvalue weighted by atomic mass is 9.88. The highest BCUT2D eigenvalue weighted by Crippen LogP contribution is 2.40. The fourth-order valence-electron chi connectivity index (χ4n) is 3.31. The highest BCUT2D eigenvalue weighted by Gasteiger charge is 2.30. The molecular formula is C21H21F4NO4S. The Morgan fingerprint density at radius 3 is 2.45 bits per heavy atom. The normalized spacial score (nSPS) is 15.5. The van der Waals surface area contributed by atoms with Crippen molar-refractivity contribution >= 4 is 28.2 Å². The van der Waals surface area contributed by atoms with Gasteiger partial charge in [-0.3, -0.25) is 4.79 Å². The Labute approximate surface area is 180 Å². The van der Waals surface area contributed by atoms with E-state index in [9.17, 15) is 27.2 Å². The minimum absolute atomic E-state index is 0.0430. The Hall–Kier alpha value is -2.62. The van der Waals surface area contributed by atoms with Gasteiger partial charge in [-0.05, 0) is 44.6 Å². The Kier molecular flexibility index (Phi) is 6.88. The van der Waals surface area contributed by atoms with Crippen LogP contribution in [-0.2, 0) is 22.4 Å². The minimum atomic E-state index is -1.74. The molecule has 10 heteroatoms. The number of fused-ring (bicyclic) bond motifs is 1. The summed E-state index contributed by atoms with van der Waals surface area (Å²) in [5.41, 5.74) is 1.07. The predicted molar refractivity (Wildman–Crippen MR) is 106 cm³/mol. The van der Waals surface area contributed by atoms with Gasteiger partial charge in [0.1, 0.15) is 5.00 Å². The molecule has 1 amide bonds. The van der Waals surface area contributed by atoms with Crippen molar-refractivity contribution in [3.63, 3.8) is 0 Å². The van der Waals surface area contributed by atoms with E-state index in [0.29, 0.717) is 12.3 Å². The third-order valence-corrected chi connectivity index (χ3v) is 5.90. The maximum Gasteiger partial charge on any atom is 0.341 e. The predicted octanol–water partition coefficient (Wildman–Crippen LogP) is 5.01. The van der Waals surface area contributed by atoms with Crippen LogP contribution in [0.4, 0.5) is 22.6 Å². The number of benzene rings is 1. The molecule has 1 heterocycles. The number of thiophene rings is 1. The quantitative estimate of drug-likeness (QED) is 0.375. The fraction of sp³-hybridized carbons (Fsp3) is 0.429. The van der Waals surface area contributed by atoms with E-state index in [2.05, 4.69) is 12.2 Å². The van der Waals surface area contributed by atoms with Crippen LogP contribution in [0, 0.1) is 29.2 Å². The van der Waals surface area contributed by atoms with Crippen LogP contribution in [0.5, 0.6) is 5.75 Å². The summed E-state index contributed by atoms with van der Waals surface area (Å²) in [5.74, 6) is -9.12. The van der Waals surface area contributed by atoms with Gasteiger partial charge in [-0.1, -0.05) is 6.92 Å². The van der Waals surface area contributed by atoms with Crippen molar-refractivity contribution < 1.29 is 36.6 Å². The zero-order valence-corrected chi connectivity index (χ0v) is 17.9. The van der Waals surface area contributed by atoms with Gasteiger partial charge in [0.05, 0.1) is 11.7 Å². The molecule has 0 aliphatic heterocycles. The van der Waals surface area contributed by atoms with Crippen molar-refractivity contribution in [3.05, 3.63) is 45.3 Å². The molecular weight excluding hydrogens is 438 g/mol. The number of ether oxygens (including phenoxy) is 2. The monoisotopic (exact) mass is 459 g/mol. The molecule has 31 heavy (non-hydrogen) atoms. The Morgan fingerprint density at radius 1 is 1.19 bits per heavy atom. The van der Waals surface area contributed by atoms with E-state index in [-0.39, 0.29) is 22.7 Å². The van der Waals surface area contributed by atoms with Gasteiger partial charge in [0.2, 0.25) is 11.6 Å². The van der Waals surface area contributed by atoms with Crippen molar-refractivity contribution in [1.82, 2.24) is 0 Å². The second-order valence-electron chi connectivity index (χ2n) is 7.64. The summed E-state index contributed by atoms with van der Waals surface area (Å²) in [7, 11) is 0. The van der Waals surface area contributed by atoms with E-state index in [1.807, 2.05) is 0 Å². The number of amides is 1. The Balaban J connectivity index is 1.81. The summed E-state index contributed by atoms with van der Waals surface area (Å²) < 4.78 is 64.0. The minimum Gasteiger partial charge on any atom is -0.477 e. The zero-order chi connectivity index (χ0) is 22.9. The molecule has 5 nitrogen and oxygen atoms in total. The number of halogens is 4. The summed E-state index contributed by atoms with van der Waals surface area (Å²) in [5, 5.41) is 2.74. The second kappa shape index (κ2) is 9.25. The molecule has 1 aliphatic rings. The lowest BCUT2D eigenvalue weighted by molar-refractivity contribution is -0.118. The molecule has 1 aliphatic carbocycles. The molecule has 0 saturated carbocycles. The van der Waals surface area contributed by atoms with Crippen LogP contribution < -0.4 is 10.1 Å². The summed E-state index contributed by atoms with van der Waals surface area (Å²) >= 11 is 1.23. The molecule has 1 aromatic heterocycles. The van der Waals surface area contributed by atoms with Gasteiger partial charge in [0.25, 0.3) is 5.91 Å². The SMILES string of the molecule is CC(C)OC(=O)c1c(NC(=O)COc2c(F)c(F)cc(F)c2F)sc2c1CC[C@@H](C)C2. The number of hydrogen-bond acceptors (Lipinski definition) is 5. The van der Waals surface area contributed by atoms with Crippen molar-refractivity contribution in [3.8, 4) is 5.75 Å². The van der Waals surface area contributed by atoms with Gasteiger partial charge in [-0.15, -0.1) is 11.3 Å². The van der Waals surface area contributed by atoms with Crippen LogP contribution >= 0.6 is 11.3 Å². The summed E-state index contributed by atoms with van der Waals surface area (Å²) in [6.45, 7) is 4.56. The number of hydrogen-bond donors (Lipinski definition) is 1. The number of nitrogens with one attached hydrogen (secondary N) is 1. The third-order valence-electron chi connectivity index (χ3n) is 4.73. The Bertz CT molecular complexity index is 995. The number of carbonyl (C=O) groups is 2. The first-order chi connectivity index (χ1) is 14.6. The first-order valence-corrected chi connectivity index (χ1v) is 10.5. The second-order valence-corrected chi connectivity index (χ2v) is 8.75. The topological polar surface area (TPSA) is 64.6 Å². The van der Waals surface area contributed by atoms with Gasteiger partial charge in [0, 0.05) is 10.9 Å². The van der Waals surface area contributed by atoms with Crippen LogP contribution in [0.3, 0.4) is 0 Å². The molecule has 0 saturated heterocycles. The van der Waals surface area contributed by atoms with Crippen LogP contribution in [0.25, 0.3) is 0 Å². The highest BCUT2D eigenvalue weighted by molar-refractivity contribution is 7.17. The van der Waals surface area contributed by atoms with Crippen LogP contribution in [0.2, 0.25) is 0 Å². The smallest absolute Gasteiger partial charge is 0.341 e. The molecule has 0 fully saturated rings. The molecule has 1 N–H and O–H groups in total. The van der Waals surface area contributed by atoms with Crippen molar-refractivity contribution in [2.24, 2.45) is 5.92 Å². The molecule has 168 valence electrons. The van der Waals surface area contributed by atoms with E-state index >= 15 is 0 Å². The molecule has 1 aromatic carbocycles. The average Bonchev–Trinajstić information content (AvgIpc) is 3.02. The van der Waals surface area contributed by atoms with E-state index in [1.54, 1.807) is 13.8 Å². The van der Waals surface area contributed by atoms with E-state index in [4.69, 9.17) is 9.47 Å². The van der Waals surface area contributed by atoms with Crippen LogP contribution in [0.1, 0.15) is 48.0 Å². The number of carbonyl (C=O) groups excluding carboxylic acids is 2. The van der Waals surface area contributed by atoms with Crippen LogP contribution in [-0.4, -0.2) is 24.6 Å². The maximum absolute atomic E-state index is 13.7. The van der Waals surface area contributed by atoms with Gasteiger partial charge in [-0.25, -0.2) is 13.6 Å². The molecule has 0 unspecified atom stereocenters. The molecule has 3 rings (SSSR count). The summed E-state index contributed by atoms with van der Waals surface area (Å²) in [6.07, 6.45) is 1.91. The molecule has 2 aromatic rings. The number of esters is 1. The van der Waals surface area contributed by atoms with E-state index in [0.717, 1.165) is 23.3 Å². The average molecular weight is 459 g/mol. The van der Waals surface area contributed by atoms with Crippen molar-refractivity contribution in [1.29, 1.82) is 0 Å². The molecule has 0 spiro atoms. The van der Waals surface area contributed by atoms with Crippen molar-refractivity contribution in [2.75, 3.05) is 11.9 Å². The number of rotatable bonds is 6. The Morgan fingerprint density at radius 2 is 1.84 bits per heavy atom. The molecule has 0 radical (unpaired) electrons. The summed E-state index contributed by atoms with van der Waals surface area (Å²) in [6, 6.07) is 0.0430. The molecule has 1 atom stereocenters.